The Morgan fingerprint density at radius 3 is 2.67 bits per heavy atom. The Balaban J connectivity index is 1.70. The van der Waals surface area contributed by atoms with Gasteiger partial charge in [0.25, 0.3) is 0 Å². The highest BCUT2D eigenvalue weighted by atomic mass is 19.2. The Labute approximate surface area is 155 Å². The lowest BCUT2D eigenvalue weighted by atomic mass is 10.0. The molecule has 0 bridgehead atoms. The third-order valence-corrected chi connectivity index (χ3v) is 4.70. The second kappa shape index (κ2) is 7.73. The number of carbonyl (C=O) groups excluding carboxylic acids is 2. The van der Waals surface area contributed by atoms with E-state index in [9.17, 15) is 18.4 Å². The third-order valence-electron chi connectivity index (χ3n) is 4.70. The standard InChI is InChI=1S/C20H20F2N2O3/c1-12(14-5-3-4-6-18(14)27-2)23-19(25)15-9-10-24(20(15)26)13-7-8-16(21)17(22)11-13/h3-8,11-12,15H,9-10H2,1-2H3,(H,23,25)/t12-,15-/m1/s1. The van der Waals surface area contributed by atoms with E-state index in [2.05, 4.69) is 5.32 Å². The van der Waals surface area contributed by atoms with Crippen molar-refractivity contribution in [1.82, 2.24) is 5.32 Å². The van der Waals surface area contributed by atoms with Crippen LogP contribution in [-0.4, -0.2) is 25.5 Å². The fourth-order valence-electron chi connectivity index (χ4n) is 3.25. The van der Waals surface area contributed by atoms with Gasteiger partial charge in [0.15, 0.2) is 11.6 Å². The van der Waals surface area contributed by atoms with Crippen molar-refractivity contribution in [1.29, 1.82) is 0 Å². The summed E-state index contributed by atoms with van der Waals surface area (Å²) in [7, 11) is 1.55. The molecule has 5 nitrogen and oxygen atoms in total. The summed E-state index contributed by atoms with van der Waals surface area (Å²) in [4.78, 5) is 26.5. The molecule has 1 heterocycles. The highest BCUT2D eigenvalue weighted by Gasteiger charge is 2.38. The maximum Gasteiger partial charge on any atom is 0.239 e. The Hall–Kier alpha value is -2.96. The number of amides is 2. The Morgan fingerprint density at radius 1 is 1.22 bits per heavy atom. The number of halogens is 2. The normalized spacial score (nSPS) is 17.7. The van der Waals surface area contributed by atoms with Crippen LogP contribution in [0.5, 0.6) is 5.75 Å². The van der Waals surface area contributed by atoms with Crippen molar-refractivity contribution < 1.29 is 23.1 Å². The van der Waals surface area contributed by atoms with E-state index >= 15 is 0 Å². The molecule has 0 spiro atoms. The number of para-hydroxylation sites is 1. The number of hydrogen-bond donors (Lipinski definition) is 1. The molecule has 7 heteroatoms. The van der Waals surface area contributed by atoms with Gasteiger partial charge >= 0.3 is 0 Å². The summed E-state index contributed by atoms with van der Waals surface area (Å²) in [6, 6.07) is 10.2. The van der Waals surface area contributed by atoms with Crippen molar-refractivity contribution in [2.24, 2.45) is 5.92 Å². The quantitative estimate of drug-likeness (QED) is 0.818. The predicted octanol–water partition coefficient (Wildman–Crippen LogP) is 3.20. The number of nitrogens with zero attached hydrogens (tertiary/aromatic N) is 1. The molecule has 0 unspecified atom stereocenters. The zero-order valence-corrected chi connectivity index (χ0v) is 15.0. The molecule has 142 valence electrons. The average molecular weight is 374 g/mol. The number of anilines is 1. The van der Waals surface area contributed by atoms with Gasteiger partial charge in [0.1, 0.15) is 11.7 Å². The Morgan fingerprint density at radius 2 is 1.96 bits per heavy atom. The molecule has 1 N–H and O–H groups in total. The third kappa shape index (κ3) is 3.77. The van der Waals surface area contributed by atoms with Gasteiger partial charge in [0, 0.05) is 23.9 Å². The summed E-state index contributed by atoms with van der Waals surface area (Å²) in [6.07, 6.45) is 0.308. The lowest BCUT2D eigenvalue weighted by Gasteiger charge is -2.20. The number of ether oxygens (including phenoxy) is 1. The lowest BCUT2D eigenvalue weighted by Crippen LogP contribution is -2.38. The number of hydrogen-bond acceptors (Lipinski definition) is 3. The molecule has 1 aliphatic heterocycles. The van der Waals surface area contributed by atoms with Crippen molar-refractivity contribution in [2.45, 2.75) is 19.4 Å². The summed E-state index contributed by atoms with van der Waals surface area (Å²) >= 11 is 0. The molecule has 0 aromatic heterocycles. The minimum Gasteiger partial charge on any atom is -0.496 e. The number of rotatable bonds is 5. The highest BCUT2D eigenvalue weighted by Crippen LogP contribution is 2.28. The molecule has 2 amide bonds. The molecule has 2 atom stereocenters. The van der Waals surface area contributed by atoms with E-state index in [0.29, 0.717) is 12.2 Å². The first kappa shape index (κ1) is 18.8. The fraction of sp³-hybridized carbons (Fsp3) is 0.300. The Kier molecular flexibility index (Phi) is 5.39. The number of nitrogens with one attached hydrogen (secondary N) is 1. The molecule has 0 radical (unpaired) electrons. The van der Waals surface area contributed by atoms with Gasteiger partial charge in [-0.1, -0.05) is 18.2 Å². The van der Waals surface area contributed by atoms with Crippen molar-refractivity contribution in [3.05, 3.63) is 59.7 Å². The molecule has 1 fully saturated rings. The molecular formula is C20H20F2N2O3. The molecule has 27 heavy (non-hydrogen) atoms. The first-order chi connectivity index (χ1) is 12.9. The summed E-state index contributed by atoms with van der Waals surface area (Å²) in [5, 5.41) is 2.84. The van der Waals surface area contributed by atoms with Crippen molar-refractivity contribution >= 4 is 17.5 Å². The minimum absolute atomic E-state index is 0.243. The van der Waals surface area contributed by atoms with Gasteiger partial charge in [0.05, 0.1) is 13.2 Å². The summed E-state index contributed by atoms with van der Waals surface area (Å²) in [6.45, 7) is 2.08. The Bertz CT molecular complexity index is 872. The van der Waals surface area contributed by atoms with E-state index < -0.39 is 29.4 Å². The van der Waals surface area contributed by atoms with Crippen LogP contribution in [0, 0.1) is 17.6 Å². The average Bonchev–Trinajstić information content (AvgIpc) is 3.05. The fourth-order valence-corrected chi connectivity index (χ4v) is 3.25. The van der Waals surface area contributed by atoms with Crippen LogP contribution in [0.4, 0.5) is 14.5 Å². The van der Waals surface area contributed by atoms with Gasteiger partial charge in [-0.05, 0) is 31.5 Å². The zero-order chi connectivity index (χ0) is 19.6. The topological polar surface area (TPSA) is 58.6 Å². The van der Waals surface area contributed by atoms with E-state index in [1.807, 2.05) is 25.1 Å². The van der Waals surface area contributed by atoms with Gasteiger partial charge in [-0.25, -0.2) is 8.78 Å². The number of methoxy groups -OCH3 is 1. The predicted molar refractivity (Wildman–Crippen MR) is 96.4 cm³/mol. The summed E-state index contributed by atoms with van der Waals surface area (Å²) < 4.78 is 31.8. The van der Waals surface area contributed by atoms with E-state index in [1.54, 1.807) is 13.2 Å². The van der Waals surface area contributed by atoms with Crippen molar-refractivity contribution in [2.75, 3.05) is 18.6 Å². The van der Waals surface area contributed by atoms with Crippen LogP contribution in [0.2, 0.25) is 0 Å². The second-order valence-corrected chi connectivity index (χ2v) is 6.40. The number of carbonyl (C=O) groups is 2. The smallest absolute Gasteiger partial charge is 0.239 e. The minimum atomic E-state index is -1.03. The number of benzene rings is 2. The summed E-state index contributed by atoms with van der Waals surface area (Å²) in [5.74, 6) is -3.06. The van der Waals surface area contributed by atoms with Gasteiger partial charge < -0.3 is 15.0 Å². The second-order valence-electron chi connectivity index (χ2n) is 6.40. The van der Waals surface area contributed by atoms with Crippen molar-refractivity contribution in [3.8, 4) is 5.75 Å². The van der Waals surface area contributed by atoms with Crippen LogP contribution in [0.3, 0.4) is 0 Å². The SMILES string of the molecule is COc1ccccc1[C@@H](C)NC(=O)[C@H]1CCN(c2ccc(F)c(F)c2)C1=O. The molecule has 0 saturated carbocycles. The largest absolute Gasteiger partial charge is 0.496 e. The summed E-state index contributed by atoms with van der Waals surface area (Å²) in [5.41, 5.74) is 1.04. The molecule has 1 aliphatic rings. The van der Waals surface area contributed by atoms with Crippen LogP contribution in [0.15, 0.2) is 42.5 Å². The molecular weight excluding hydrogens is 354 g/mol. The van der Waals surface area contributed by atoms with E-state index in [-0.39, 0.29) is 18.3 Å². The van der Waals surface area contributed by atoms with Gasteiger partial charge in [-0.15, -0.1) is 0 Å². The van der Waals surface area contributed by atoms with E-state index in [4.69, 9.17) is 4.74 Å². The monoisotopic (exact) mass is 374 g/mol. The lowest BCUT2D eigenvalue weighted by molar-refractivity contribution is -0.132. The maximum absolute atomic E-state index is 13.4. The van der Waals surface area contributed by atoms with Gasteiger partial charge in [-0.2, -0.15) is 0 Å². The highest BCUT2D eigenvalue weighted by molar-refractivity contribution is 6.09. The van der Waals surface area contributed by atoms with Crippen LogP contribution in [0.1, 0.15) is 24.9 Å². The van der Waals surface area contributed by atoms with Crippen molar-refractivity contribution in [3.63, 3.8) is 0 Å². The van der Waals surface area contributed by atoms with E-state index in [1.165, 1.54) is 11.0 Å². The molecule has 2 aromatic rings. The van der Waals surface area contributed by atoms with Crippen LogP contribution >= 0.6 is 0 Å². The van der Waals surface area contributed by atoms with Gasteiger partial charge in [-0.3, -0.25) is 9.59 Å². The first-order valence-electron chi connectivity index (χ1n) is 8.62. The zero-order valence-electron chi connectivity index (χ0n) is 15.0. The molecule has 0 aliphatic carbocycles. The van der Waals surface area contributed by atoms with Crippen LogP contribution < -0.4 is 15.0 Å². The van der Waals surface area contributed by atoms with Crippen LogP contribution in [-0.2, 0) is 9.59 Å². The van der Waals surface area contributed by atoms with E-state index in [0.717, 1.165) is 17.7 Å². The molecule has 1 saturated heterocycles. The maximum atomic E-state index is 13.4. The molecule has 3 rings (SSSR count). The van der Waals surface area contributed by atoms with Crippen LogP contribution in [0.25, 0.3) is 0 Å². The molecule has 2 aromatic carbocycles. The first-order valence-corrected chi connectivity index (χ1v) is 8.62. The van der Waals surface area contributed by atoms with Gasteiger partial charge in [0.2, 0.25) is 11.8 Å².